The quantitative estimate of drug-likeness (QED) is 0.544. The van der Waals surface area contributed by atoms with Gasteiger partial charge in [0, 0.05) is 5.56 Å². The van der Waals surface area contributed by atoms with Gasteiger partial charge in [-0.05, 0) is 43.2 Å². The van der Waals surface area contributed by atoms with Gasteiger partial charge in [0.1, 0.15) is 5.75 Å². The van der Waals surface area contributed by atoms with Crippen LogP contribution in [-0.2, 0) is 0 Å². The van der Waals surface area contributed by atoms with E-state index in [0.717, 1.165) is 17.7 Å². The summed E-state index contributed by atoms with van der Waals surface area (Å²) < 4.78 is 5.47. The Morgan fingerprint density at radius 1 is 1.53 bits per heavy atom. The van der Waals surface area contributed by atoms with Gasteiger partial charge in [-0.15, -0.1) is 0 Å². The highest BCUT2D eigenvalue weighted by Crippen LogP contribution is 2.18. The third kappa shape index (κ3) is 2.94. The Morgan fingerprint density at radius 2 is 2.27 bits per heavy atom. The number of carbonyl (C=O) groups excluding carboxylic acids is 1. The molecule has 0 aliphatic rings. The summed E-state index contributed by atoms with van der Waals surface area (Å²) in [4.78, 5) is 11.4. The van der Waals surface area contributed by atoms with Crippen molar-refractivity contribution in [1.82, 2.24) is 0 Å². The van der Waals surface area contributed by atoms with E-state index in [4.69, 9.17) is 4.74 Å². The smallest absolute Gasteiger partial charge is 0.185 e. The van der Waals surface area contributed by atoms with Crippen LogP contribution >= 0.6 is 0 Å². The molecule has 0 N–H and O–H groups in total. The summed E-state index contributed by atoms with van der Waals surface area (Å²) in [6, 6.07) is 5.48. The lowest BCUT2D eigenvalue weighted by molar-refractivity contribution is 0.104. The van der Waals surface area contributed by atoms with Gasteiger partial charge in [0.05, 0.1) is 6.61 Å². The van der Waals surface area contributed by atoms with Crippen molar-refractivity contribution in [3.8, 4) is 5.75 Å². The van der Waals surface area contributed by atoms with E-state index in [2.05, 4.69) is 13.5 Å². The monoisotopic (exact) mass is 204 g/mol. The molecule has 2 heteroatoms. The molecule has 0 fully saturated rings. The minimum absolute atomic E-state index is 0.0467. The zero-order valence-corrected chi connectivity index (χ0v) is 9.25. The highest BCUT2D eigenvalue weighted by Gasteiger charge is 2.05. The van der Waals surface area contributed by atoms with Crippen LogP contribution < -0.4 is 4.74 Å². The molecular weight excluding hydrogens is 188 g/mol. The molecule has 0 radical (unpaired) electrons. The zero-order valence-electron chi connectivity index (χ0n) is 9.25. The SMILES string of the molecule is C=CC(=O)c1ccc(OCCC)cc1C. The van der Waals surface area contributed by atoms with Gasteiger partial charge in [0.25, 0.3) is 0 Å². The second-order valence-corrected chi connectivity index (χ2v) is 3.39. The van der Waals surface area contributed by atoms with Crippen molar-refractivity contribution in [1.29, 1.82) is 0 Å². The standard InChI is InChI=1S/C13H16O2/c1-4-8-15-11-6-7-12(10(3)9-11)13(14)5-2/h5-7,9H,2,4,8H2,1,3H3. The number of ketones is 1. The van der Waals surface area contributed by atoms with Gasteiger partial charge in [-0.1, -0.05) is 13.5 Å². The van der Waals surface area contributed by atoms with Crippen LogP contribution in [0.2, 0.25) is 0 Å². The molecule has 1 rings (SSSR count). The fourth-order valence-corrected chi connectivity index (χ4v) is 1.33. The van der Waals surface area contributed by atoms with Crippen LogP contribution in [0.1, 0.15) is 29.3 Å². The molecule has 0 bridgehead atoms. The van der Waals surface area contributed by atoms with Crippen molar-refractivity contribution >= 4 is 5.78 Å². The summed E-state index contributed by atoms with van der Waals surface area (Å²) in [5, 5.41) is 0. The summed E-state index contributed by atoms with van der Waals surface area (Å²) in [7, 11) is 0. The minimum Gasteiger partial charge on any atom is -0.494 e. The highest BCUT2D eigenvalue weighted by molar-refractivity contribution is 6.05. The Kier molecular flexibility index (Phi) is 4.10. The van der Waals surface area contributed by atoms with Crippen molar-refractivity contribution in [2.45, 2.75) is 20.3 Å². The largest absolute Gasteiger partial charge is 0.494 e. The van der Waals surface area contributed by atoms with E-state index in [1.807, 2.05) is 19.1 Å². The van der Waals surface area contributed by atoms with Crippen LogP contribution in [-0.4, -0.2) is 12.4 Å². The van der Waals surface area contributed by atoms with Crippen molar-refractivity contribution < 1.29 is 9.53 Å². The lowest BCUT2D eigenvalue weighted by Crippen LogP contribution is -2.00. The van der Waals surface area contributed by atoms with Gasteiger partial charge in [-0.2, -0.15) is 0 Å². The van der Waals surface area contributed by atoms with Crippen molar-refractivity contribution in [3.05, 3.63) is 42.0 Å². The number of aryl methyl sites for hydroxylation is 1. The Balaban J connectivity index is 2.87. The van der Waals surface area contributed by atoms with Crippen LogP contribution in [0.5, 0.6) is 5.75 Å². The average Bonchev–Trinajstić information content (AvgIpc) is 2.25. The average molecular weight is 204 g/mol. The van der Waals surface area contributed by atoms with E-state index in [1.165, 1.54) is 6.08 Å². The van der Waals surface area contributed by atoms with Gasteiger partial charge in [0.2, 0.25) is 0 Å². The van der Waals surface area contributed by atoms with Crippen LogP contribution in [0.15, 0.2) is 30.9 Å². The Bertz CT molecular complexity index is 367. The van der Waals surface area contributed by atoms with Gasteiger partial charge < -0.3 is 4.74 Å². The molecule has 0 saturated carbocycles. The maximum absolute atomic E-state index is 11.4. The van der Waals surface area contributed by atoms with Crippen molar-refractivity contribution in [2.75, 3.05) is 6.61 Å². The number of carbonyl (C=O) groups is 1. The molecule has 0 spiro atoms. The first kappa shape index (κ1) is 11.5. The van der Waals surface area contributed by atoms with E-state index in [1.54, 1.807) is 6.07 Å². The van der Waals surface area contributed by atoms with E-state index in [0.29, 0.717) is 12.2 Å². The third-order valence-corrected chi connectivity index (χ3v) is 2.12. The first-order valence-corrected chi connectivity index (χ1v) is 5.09. The molecule has 0 heterocycles. The summed E-state index contributed by atoms with van der Waals surface area (Å²) in [6.07, 6.45) is 2.31. The van der Waals surface area contributed by atoms with Crippen molar-refractivity contribution in [3.63, 3.8) is 0 Å². The Morgan fingerprint density at radius 3 is 2.80 bits per heavy atom. The van der Waals surface area contributed by atoms with E-state index < -0.39 is 0 Å². The number of hydrogen-bond donors (Lipinski definition) is 0. The maximum Gasteiger partial charge on any atom is 0.185 e. The summed E-state index contributed by atoms with van der Waals surface area (Å²) >= 11 is 0. The molecule has 0 saturated heterocycles. The van der Waals surface area contributed by atoms with Gasteiger partial charge >= 0.3 is 0 Å². The normalized spacial score (nSPS) is 9.73. The molecule has 15 heavy (non-hydrogen) atoms. The lowest BCUT2D eigenvalue weighted by Gasteiger charge is -2.07. The zero-order chi connectivity index (χ0) is 11.3. The number of benzene rings is 1. The second-order valence-electron chi connectivity index (χ2n) is 3.39. The fourth-order valence-electron chi connectivity index (χ4n) is 1.33. The maximum atomic E-state index is 11.4. The molecule has 80 valence electrons. The first-order chi connectivity index (χ1) is 7.19. The molecule has 1 aromatic carbocycles. The molecule has 0 unspecified atom stereocenters. The van der Waals surface area contributed by atoms with Gasteiger partial charge in [-0.25, -0.2) is 0 Å². The third-order valence-electron chi connectivity index (χ3n) is 2.12. The summed E-state index contributed by atoms with van der Waals surface area (Å²) in [5.41, 5.74) is 1.61. The molecular formula is C13H16O2. The number of allylic oxidation sites excluding steroid dienone is 1. The number of hydrogen-bond acceptors (Lipinski definition) is 2. The lowest BCUT2D eigenvalue weighted by atomic mass is 10.0. The molecule has 2 nitrogen and oxygen atoms in total. The van der Waals surface area contributed by atoms with Crippen LogP contribution in [0.25, 0.3) is 0 Å². The second kappa shape index (κ2) is 5.35. The molecule has 0 aromatic heterocycles. The topological polar surface area (TPSA) is 26.3 Å². The predicted octanol–water partition coefficient (Wildman–Crippen LogP) is 3.15. The summed E-state index contributed by atoms with van der Waals surface area (Å²) in [5.74, 6) is 0.768. The molecule has 0 aliphatic heterocycles. The van der Waals surface area contributed by atoms with Crippen molar-refractivity contribution in [2.24, 2.45) is 0 Å². The summed E-state index contributed by atoms with van der Waals surface area (Å²) in [6.45, 7) is 8.13. The van der Waals surface area contributed by atoms with E-state index in [-0.39, 0.29) is 5.78 Å². The molecule has 1 aromatic rings. The number of rotatable bonds is 5. The molecule has 0 atom stereocenters. The molecule has 0 aliphatic carbocycles. The van der Waals surface area contributed by atoms with Gasteiger partial charge in [0.15, 0.2) is 5.78 Å². The minimum atomic E-state index is -0.0467. The van der Waals surface area contributed by atoms with E-state index >= 15 is 0 Å². The predicted molar refractivity (Wildman–Crippen MR) is 61.5 cm³/mol. The number of ether oxygens (including phenoxy) is 1. The highest BCUT2D eigenvalue weighted by atomic mass is 16.5. The Hall–Kier alpha value is -1.57. The van der Waals surface area contributed by atoms with E-state index in [9.17, 15) is 4.79 Å². The molecule has 0 amide bonds. The van der Waals surface area contributed by atoms with Gasteiger partial charge in [-0.3, -0.25) is 4.79 Å². The van der Waals surface area contributed by atoms with Crippen LogP contribution in [0.4, 0.5) is 0 Å². The first-order valence-electron chi connectivity index (χ1n) is 5.09. The fraction of sp³-hybridized carbons (Fsp3) is 0.308. The van der Waals surface area contributed by atoms with Crippen LogP contribution in [0, 0.1) is 6.92 Å². The Labute approximate surface area is 90.6 Å². The van der Waals surface area contributed by atoms with Crippen LogP contribution in [0.3, 0.4) is 0 Å².